The number of benzene rings is 1. The number of nitrogens with one attached hydrogen (secondary N) is 1. The van der Waals surface area contributed by atoms with Crippen LogP contribution in [0.1, 0.15) is 12.5 Å². The predicted molar refractivity (Wildman–Crippen MR) is 70.1 cm³/mol. The Morgan fingerprint density at radius 1 is 1.42 bits per heavy atom. The lowest BCUT2D eigenvalue weighted by molar-refractivity contribution is -0.138. The molecule has 1 aromatic carbocycles. The van der Waals surface area contributed by atoms with E-state index >= 15 is 0 Å². The van der Waals surface area contributed by atoms with Crippen LogP contribution in [-0.2, 0) is 11.3 Å². The number of carbonyl (C=O) groups is 2. The lowest BCUT2D eigenvalue weighted by Gasteiger charge is -2.20. The molecule has 0 aliphatic rings. The fourth-order valence-corrected chi connectivity index (χ4v) is 1.52. The first-order valence-corrected chi connectivity index (χ1v) is 5.82. The molecule has 1 rings (SSSR count). The van der Waals surface area contributed by atoms with Crippen molar-refractivity contribution in [3.63, 3.8) is 0 Å². The smallest absolute Gasteiger partial charge is 0.325 e. The summed E-state index contributed by atoms with van der Waals surface area (Å²) in [4.78, 5) is 23.8. The third-order valence-corrected chi connectivity index (χ3v) is 2.66. The maximum absolute atomic E-state index is 11.8. The number of ether oxygens (including phenoxy) is 1. The predicted octanol–water partition coefficient (Wildman–Crippen LogP) is 1.31. The molecule has 0 saturated carbocycles. The standard InChI is InChI=1S/C13H18N2O4/c1-9(12(16)17)14-13(18)15(2)8-10-6-4-5-7-11(10)19-3/h4-7,9H,8H2,1-3H3,(H,14,18)(H,16,17). The highest BCUT2D eigenvalue weighted by molar-refractivity contribution is 5.82. The van der Waals surface area contributed by atoms with Gasteiger partial charge in [-0.2, -0.15) is 0 Å². The lowest BCUT2D eigenvalue weighted by Crippen LogP contribution is -2.44. The van der Waals surface area contributed by atoms with Crippen molar-refractivity contribution < 1.29 is 19.4 Å². The van der Waals surface area contributed by atoms with Crippen molar-refractivity contribution in [3.05, 3.63) is 29.8 Å². The number of carboxylic acids is 1. The Bertz CT molecular complexity index is 462. The zero-order chi connectivity index (χ0) is 14.4. The van der Waals surface area contributed by atoms with Gasteiger partial charge in [-0.25, -0.2) is 4.79 Å². The zero-order valence-corrected chi connectivity index (χ0v) is 11.2. The number of nitrogens with zero attached hydrogens (tertiary/aromatic N) is 1. The quantitative estimate of drug-likeness (QED) is 0.842. The number of urea groups is 1. The van der Waals surface area contributed by atoms with Crippen molar-refractivity contribution in [2.24, 2.45) is 0 Å². The molecule has 6 nitrogen and oxygen atoms in total. The molecule has 2 amide bonds. The molecule has 0 spiro atoms. The fourth-order valence-electron chi connectivity index (χ4n) is 1.52. The van der Waals surface area contributed by atoms with E-state index in [1.165, 1.54) is 11.8 Å². The van der Waals surface area contributed by atoms with Crippen molar-refractivity contribution in [2.45, 2.75) is 19.5 Å². The normalized spacial score (nSPS) is 11.5. The second kappa shape index (κ2) is 6.63. The number of hydrogen-bond acceptors (Lipinski definition) is 3. The molecule has 1 unspecified atom stereocenters. The first-order valence-electron chi connectivity index (χ1n) is 5.82. The third-order valence-electron chi connectivity index (χ3n) is 2.66. The summed E-state index contributed by atoms with van der Waals surface area (Å²) in [6.07, 6.45) is 0. The Labute approximate surface area is 112 Å². The van der Waals surface area contributed by atoms with Crippen LogP contribution < -0.4 is 10.1 Å². The van der Waals surface area contributed by atoms with E-state index in [0.717, 1.165) is 5.56 Å². The molecule has 0 aliphatic heterocycles. The monoisotopic (exact) mass is 266 g/mol. The third kappa shape index (κ3) is 4.17. The first kappa shape index (κ1) is 14.8. The van der Waals surface area contributed by atoms with Gasteiger partial charge < -0.3 is 20.1 Å². The molecule has 1 aromatic rings. The van der Waals surface area contributed by atoms with E-state index in [-0.39, 0.29) is 0 Å². The van der Waals surface area contributed by atoms with Gasteiger partial charge in [-0.15, -0.1) is 0 Å². The van der Waals surface area contributed by atoms with Crippen molar-refractivity contribution in [2.75, 3.05) is 14.2 Å². The van der Waals surface area contributed by atoms with Crippen LogP contribution in [0.15, 0.2) is 24.3 Å². The Kier molecular flexibility index (Phi) is 5.17. The van der Waals surface area contributed by atoms with Crippen LogP contribution in [0, 0.1) is 0 Å². The molecular weight excluding hydrogens is 248 g/mol. The number of carboxylic acid groups (broad SMARTS) is 1. The Morgan fingerprint density at radius 3 is 2.63 bits per heavy atom. The van der Waals surface area contributed by atoms with Crippen molar-refractivity contribution in [1.82, 2.24) is 10.2 Å². The summed E-state index contributed by atoms with van der Waals surface area (Å²) >= 11 is 0. The van der Waals surface area contributed by atoms with Crippen LogP contribution in [0.4, 0.5) is 4.79 Å². The SMILES string of the molecule is COc1ccccc1CN(C)C(=O)NC(C)C(=O)O. The Morgan fingerprint density at radius 2 is 2.05 bits per heavy atom. The van der Waals surface area contributed by atoms with E-state index in [1.807, 2.05) is 18.2 Å². The lowest BCUT2D eigenvalue weighted by atomic mass is 10.2. The molecule has 0 saturated heterocycles. The minimum Gasteiger partial charge on any atom is -0.496 e. The van der Waals surface area contributed by atoms with Gasteiger partial charge in [-0.1, -0.05) is 18.2 Å². The maximum atomic E-state index is 11.8. The fraction of sp³-hybridized carbons (Fsp3) is 0.385. The summed E-state index contributed by atoms with van der Waals surface area (Å²) in [6.45, 7) is 1.75. The molecule has 0 bridgehead atoms. The minimum atomic E-state index is -1.07. The highest BCUT2D eigenvalue weighted by atomic mass is 16.5. The first-order chi connectivity index (χ1) is 8.95. The van der Waals surface area contributed by atoms with Gasteiger partial charge in [0.15, 0.2) is 0 Å². The number of carbonyl (C=O) groups excluding carboxylic acids is 1. The number of aliphatic carboxylic acids is 1. The van der Waals surface area contributed by atoms with Gasteiger partial charge in [0.1, 0.15) is 11.8 Å². The average Bonchev–Trinajstić information content (AvgIpc) is 2.38. The molecule has 104 valence electrons. The van der Waals surface area contributed by atoms with Crippen LogP contribution in [0.3, 0.4) is 0 Å². The highest BCUT2D eigenvalue weighted by Gasteiger charge is 2.17. The van der Waals surface area contributed by atoms with Gasteiger partial charge in [0.25, 0.3) is 0 Å². The van der Waals surface area contributed by atoms with E-state index in [0.29, 0.717) is 12.3 Å². The van der Waals surface area contributed by atoms with Gasteiger partial charge in [-0.05, 0) is 13.0 Å². The van der Waals surface area contributed by atoms with Gasteiger partial charge in [0.2, 0.25) is 0 Å². The van der Waals surface area contributed by atoms with Crippen molar-refractivity contribution in [1.29, 1.82) is 0 Å². The average molecular weight is 266 g/mol. The molecule has 0 aliphatic carbocycles. The number of hydrogen-bond donors (Lipinski definition) is 2. The van der Waals surface area contributed by atoms with Crippen molar-refractivity contribution in [3.8, 4) is 5.75 Å². The van der Waals surface area contributed by atoms with Crippen LogP contribution in [0.2, 0.25) is 0 Å². The minimum absolute atomic E-state index is 0.336. The second-order valence-electron chi connectivity index (χ2n) is 4.18. The van der Waals surface area contributed by atoms with E-state index < -0.39 is 18.0 Å². The number of para-hydroxylation sites is 1. The molecular formula is C13H18N2O4. The van der Waals surface area contributed by atoms with Gasteiger partial charge in [-0.3, -0.25) is 4.79 Å². The van der Waals surface area contributed by atoms with E-state index in [1.54, 1.807) is 20.2 Å². The van der Waals surface area contributed by atoms with E-state index in [2.05, 4.69) is 5.32 Å². The molecule has 1 atom stereocenters. The van der Waals surface area contributed by atoms with Crippen LogP contribution in [0.25, 0.3) is 0 Å². The molecule has 0 radical (unpaired) electrons. The van der Waals surface area contributed by atoms with Crippen LogP contribution >= 0.6 is 0 Å². The molecule has 0 heterocycles. The zero-order valence-electron chi connectivity index (χ0n) is 11.2. The summed E-state index contributed by atoms with van der Waals surface area (Å²) in [6, 6.07) is 5.98. The highest BCUT2D eigenvalue weighted by Crippen LogP contribution is 2.18. The number of amides is 2. The van der Waals surface area contributed by atoms with Gasteiger partial charge in [0, 0.05) is 12.6 Å². The van der Waals surface area contributed by atoms with Crippen molar-refractivity contribution >= 4 is 12.0 Å². The number of rotatable bonds is 5. The Hall–Kier alpha value is -2.24. The van der Waals surface area contributed by atoms with Crippen LogP contribution in [-0.4, -0.2) is 42.2 Å². The molecule has 0 aromatic heterocycles. The Balaban J connectivity index is 2.66. The topological polar surface area (TPSA) is 78.9 Å². The summed E-state index contributed by atoms with van der Waals surface area (Å²) < 4.78 is 5.19. The summed E-state index contributed by atoms with van der Waals surface area (Å²) in [7, 11) is 3.15. The summed E-state index contributed by atoms with van der Waals surface area (Å²) in [5.74, 6) is -0.382. The van der Waals surface area contributed by atoms with Crippen LogP contribution in [0.5, 0.6) is 5.75 Å². The van der Waals surface area contributed by atoms with Gasteiger partial charge >= 0.3 is 12.0 Å². The number of methoxy groups -OCH3 is 1. The molecule has 19 heavy (non-hydrogen) atoms. The summed E-state index contributed by atoms with van der Waals surface area (Å²) in [5.41, 5.74) is 0.852. The van der Waals surface area contributed by atoms with Gasteiger partial charge in [0.05, 0.1) is 13.7 Å². The largest absolute Gasteiger partial charge is 0.496 e. The molecule has 2 N–H and O–H groups in total. The summed E-state index contributed by atoms with van der Waals surface area (Å²) in [5, 5.41) is 11.1. The maximum Gasteiger partial charge on any atom is 0.325 e. The van der Waals surface area contributed by atoms with E-state index in [9.17, 15) is 9.59 Å². The van der Waals surface area contributed by atoms with E-state index in [4.69, 9.17) is 9.84 Å². The molecule has 0 fully saturated rings. The molecule has 6 heteroatoms. The second-order valence-corrected chi connectivity index (χ2v) is 4.18.